The molecule has 0 radical (unpaired) electrons. The van der Waals surface area contributed by atoms with E-state index in [1.54, 1.807) is 17.8 Å². The maximum absolute atomic E-state index is 5.66. The molecule has 21 heavy (non-hydrogen) atoms. The van der Waals surface area contributed by atoms with Crippen molar-refractivity contribution >= 4 is 22.6 Å². The van der Waals surface area contributed by atoms with Crippen LogP contribution in [0.3, 0.4) is 0 Å². The van der Waals surface area contributed by atoms with Crippen LogP contribution in [-0.2, 0) is 0 Å². The molecular weight excluding hydrogens is 270 g/mol. The van der Waals surface area contributed by atoms with Gasteiger partial charge in [-0.1, -0.05) is 0 Å². The third-order valence-corrected chi connectivity index (χ3v) is 3.24. The normalized spacial score (nSPS) is 11.3. The number of fused-ring (bicyclic) bond motifs is 2. The average Bonchev–Trinajstić information content (AvgIpc) is 3.11. The summed E-state index contributed by atoms with van der Waals surface area (Å²) < 4.78 is 7.00. The van der Waals surface area contributed by atoms with Crippen molar-refractivity contribution in [3.8, 4) is 17.1 Å². The highest BCUT2D eigenvalue weighted by Gasteiger charge is 2.16. The molecule has 104 valence electrons. The number of nitrogens with zero attached hydrogens (tertiary/aromatic N) is 5. The smallest absolute Gasteiger partial charge is 0.228 e. The maximum atomic E-state index is 5.66. The number of methoxy groups -OCH3 is 1. The second kappa shape index (κ2) is 4.17. The summed E-state index contributed by atoms with van der Waals surface area (Å²) in [6, 6.07) is 3.71. The first kappa shape index (κ1) is 11.6. The van der Waals surface area contributed by atoms with E-state index in [1.165, 1.54) is 0 Å². The number of rotatable bonds is 2. The van der Waals surface area contributed by atoms with Gasteiger partial charge in [-0.3, -0.25) is 0 Å². The van der Waals surface area contributed by atoms with Gasteiger partial charge < -0.3 is 15.5 Å². The van der Waals surface area contributed by atoms with Crippen LogP contribution >= 0.6 is 0 Å². The van der Waals surface area contributed by atoms with Crippen molar-refractivity contribution in [2.24, 2.45) is 0 Å². The van der Waals surface area contributed by atoms with Crippen LogP contribution in [0, 0.1) is 0 Å². The van der Waals surface area contributed by atoms with Crippen molar-refractivity contribution in [3.05, 3.63) is 30.7 Å². The Balaban J connectivity index is 2.01. The Morgan fingerprint density at radius 3 is 3.00 bits per heavy atom. The summed E-state index contributed by atoms with van der Waals surface area (Å²) in [5, 5.41) is 4.88. The SMILES string of the molecule is COc1nc(N)nc2[nH]cc(-c3ccn4nccc4n3)c12. The standard InChI is InChI=1S/C13H11N7O/c1-21-12-10-7(6-15-11(10)18-13(14)19-12)8-3-5-20-9(17-8)2-4-16-20/h2-6H,1H3,(H3,14,15,18,19). The topological polar surface area (TPSA) is 107 Å². The summed E-state index contributed by atoms with van der Waals surface area (Å²) in [7, 11) is 1.55. The van der Waals surface area contributed by atoms with Gasteiger partial charge in [0.25, 0.3) is 0 Å². The van der Waals surface area contributed by atoms with Crippen LogP contribution in [0.25, 0.3) is 27.9 Å². The molecule has 0 unspecified atom stereocenters. The first-order valence-corrected chi connectivity index (χ1v) is 6.25. The molecule has 4 heterocycles. The van der Waals surface area contributed by atoms with E-state index in [0.717, 1.165) is 22.3 Å². The molecule has 4 aromatic heterocycles. The molecule has 0 aliphatic rings. The van der Waals surface area contributed by atoms with Gasteiger partial charge in [0.2, 0.25) is 11.8 Å². The number of hydrogen-bond donors (Lipinski definition) is 2. The molecule has 0 saturated heterocycles. The Bertz CT molecular complexity index is 956. The largest absolute Gasteiger partial charge is 0.480 e. The molecule has 0 aliphatic carbocycles. The van der Waals surface area contributed by atoms with E-state index >= 15 is 0 Å². The molecule has 8 heteroatoms. The van der Waals surface area contributed by atoms with E-state index in [-0.39, 0.29) is 5.95 Å². The summed E-state index contributed by atoms with van der Waals surface area (Å²) in [4.78, 5) is 15.9. The average molecular weight is 281 g/mol. The summed E-state index contributed by atoms with van der Waals surface area (Å²) >= 11 is 0. The Morgan fingerprint density at radius 1 is 1.24 bits per heavy atom. The molecule has 8 nitrogen and oxygen atoms in total. The highest BCUT2D eigenvalue weighted by atomic mass is 16.5. The third kappa shape index (κ3) is 1.69. The fourth-order valence-electron chi connectivity index (χ4n) is 2.33. The van der Waals surface area contributed by atoms with E-state index in [0.29, 0.717) is 11.5 Å². The summed E-state index contributed by atoms with van der Waals surface area (Å²) in [5.74, 6) is 0.580. The number of nitrogens with one attached hydrogen (secondary N) is 1. The molecule has 0 atom stereocenters. The number of aromatic nitrogens is 6. The molecular formula is C13H11N7O. The van der Waals surface area contributed by atoms with E-state index in [1.807, 2.05) is 24.5 Å². The van der Waals surface area contributed by atoms with Crippen molar-refractivity contribution in [2.45, 2.75) is 0 Å². The minimum absolute atomic E-state index is 0.159. The Morgan fingerprint density at radius 2 is 2.14 bits per heavy atom. The Hall–Kier alpha value is -3.16. The van der Waals surface area contributed by atoms with Crippen LogP contribution < -0.4 is 10.5 Å². The van der Waals surface area contributed by atoms with Crippen LogP contribution in [0.15, 0.2) is 30.7 Å². The van der Waals surface area contributed by atoms with Gasteiger partial charge in [0.05, 0.1) is 24.4 Å². The number of nitrogens with two attached hydrogens (primary N) is 1. The maximum Gasteiger partial charge on any atom is 0.228 e. The monoisotopic (exact) mass is 281 g/mol. The molecule has 0 aliphatic heterocycles. The summed E-state index contributed by atoms with van der Waals surface area (Å²) in [5.41, 5.74) is 8.67. The number of hydrogen-bond acceptors (Lipinski definition) is 6. The molecule has 4 rings (SSSR count). The molecule has 0 spiro atoms. The Kier molecular flexibility index (Phi) is 2.31. The van der Waals surface area contributed by atoms with Crippen molar-refractivity contribution in [1.82, 2.24) is 29.5 Å². The molecule has 0 aromatic carbocycles. The Labute approximate surface area is 118 Å². The van der Waals surface area contributed by atoms with E-state index in [4.69, 9.17) is 10.5 Å². The van der Waals surface area contributed by atoms with Crippen LogP contribution in [0.1, 0.15) is 0 Å². The van der Waals surface area contributed by atoms with Gasteiger partial charge in [0, 0.05) is 24.0 Å². The van der Waals surface area contributed by atoms with E-state index in [2.05, 4.69) is 25.0 Å². The van der Waals surface area contributed by atoms with Gasteiger partial charge in [-0.2, -0.15) is 15.1 Å². The van der Waals surface area contributed by atoms with Crippen LogP contribution in [-0.4, -0.2) is 36.7 Å². The van der Waals surface area contributed by atoms with E-state index in [9.17, 15) is 0 Å². The van der Waals surface area contributed by atoms with Crippen molar-refractivity contribution < 1.29 is 4.74 Å². The lowest BCUT2D eigenvalue weighted by Gasteiger charge is -2.04. The molecule has 3 N–H and O–H groups in total. The molecule has 0 saturated carbocycles. The quantitative estimate of drug-likeness (QED) is 0.572. The minimum atomic E-state index is 0.159. The first-order valence-electron chi connectivity index (χ1n) is 6.25. The van der Waals surface area contributed by atoms with Crippen molar-refractivity contribution in [3.63, 3.8) is 0 Å². The number of ether oxygens (including phenoxy) is 1. The van der Waals surface area contributed by atoms with Gasteiger partial charge in [0.15, 0.2) is 5.65 Å². The fourth-order valence-corrected chi connectivity index (χ4v) is 2.33. The molecule has 0 fully saturated rings. The second-order valence-electron chi connectivity index (χ2n) is 4.46. The van der Waals surface area contributed by atoms with Crippen LogP contribution in [0.2, 0.25) is 0 Å². The van der Waals surface area contributed by atoms with Crippen LogP contribution in [0.4, 0.5) is 5.95 Å². The van der Waals surface area contributed by atoms with Crippen LogP contribution in [0.5, 0.6) is 5.88 Å². The highest BCUT2D eigenvalue weighted by molar-refractivity contribution is 5.96. The predicted octanol–water partition coefficient (Wildman–Crippen LogP) is 1.26. The summed E-state index contributed by atoms with van der Waals surface area (Å²) in [6.45, 7) is 0. The second-order valence-corrected chi connectivity index (χ2v) is 4.46. The zero-order chi connectivity index (χ0) is 14.4. The number of H-pyrrole nitrogens is 1. The molecule has 4 aromatic rings. The van der Waals surface area contributed by atoms with E-state index < -0.39 is 0 Å². The zero-order valence-corrected chi connectivity index (χ0v) is 11.1. The number of aromatic amines is 1. The van der Waals surface area contributed by atoms with Crippen molar-refractivity contribution in [1.29, 1.82) is 0 Å². The molecule has 0 amide bonds. The summed E-state index contributed by atoms with van der Waals surface area (Å²) in [6.07, 6.45) is 5.36. The first-order chi connectivity index (χ1) is 10.3. The number of anilines is 1. The third-order valence-electron chi connectivity index (χ3n) is 3.24. The number of nitrogen functional groups attached to an aromatic ring is 1. The van der Waals surface area contributed by atoms with Gasteiger partial charge >= 0.3 is 0 Å². The van der Waals surface area contributed by atoms with Gasteiger partial charge in [-0.05, 0) is 6.07 Å². The minimum Gasteiger partial charge on any atom is -0.480 e. The predicted molar refractivity (Wildman–Crippen MR) is 76.8 cm³/mol. The van der Waals surface area contributed by atoms with Gasteiger partial charge in [-0.15, -0.1) is 0 Å². The van der Waals surface area contributed by atoms with Gasteiger partial charge in [0.1, 0.15) is 5.65 Å². The van der Waals surface area contributed by atoms with Crippen molar-refractivity contribution in [2.75, 3.05) is 12.8 Å². The lowest BCUT2D eigenvalue weighted by molar-refractivity contribution is 0.403. The molecule has 0 bridgehead atoms. The lowest BCUT2D eigenvalue weighted by atomic mass is 10.1. The fraction of sp³-hybridized carbons (Fsp3) is 0.0769. The lowest BCUT2D eigenvalue weighted by Crippen LogP contribution is -1.98. The highest BCUT2D eigenvalue weighted by Crippen LogP contribution is 2.32. The zero-order valence-electron chi connectivity index (χ0n) is 11.1. The van der Waals surface area contributed by atoms with Gasteiger partial charge in [-0.25, -0.2) is 9.50 Å².